The fraction of sp³-hybridized carbons (Fsp3) is 0.136. The number of carbonyl (C=O) groups excluding carboxylic acids is 1. The Bertz CT molecular complexity index is 923. The summed E-state index contributed by atoms with van der Waals surface area (Å²) >= 11 is 3.43. The summed E-state index contributed by atoms with van der Waals surface area (Å²) in [5, 5.41) is 2.98. The van der Waals surface area contributed by atoms with E-state index in [1.54, 1.807) is 6.07 Å². The van der Waals surface area contributed by atoms with Gasteiger partial charge in [0.2, 0.25) is 0 Å². The Hall–Kier alpha value is -2.59. The lowest BCUT2D eigenvalue weighted by Gasteiger charge is -2.14. The van der Waals surface area contributed by atoms with Crippen LogP contribution in [0.1, 0.15) is 27.0 Å². The highest BCUT2D eigenvalue weighted by Gasteiger charge is 2.15. The van der Waals surface area contributed by atoms with Gasteiger partial charge in [-0.05, 0) is 49.2 Å². The van der Waals surface area contributed by atoms with Gasteiger partial charge < -0.3 is 10.1 Å². The molecule has 0 aromatic heterocycles. The fourth-order valence-electron chi connectivity index (χ4n) is 2.68. The Balaban J connectivity index is 1.81. The largest absolute Gasteiger partial charge is 0.488 e. The molecule has 0 aliphatic rings. The van der Waals surface area contributed by atoms with Crippen LogP contribution in [-0.4, -0.2) is 5.91 Å². The van der Waals surface area contributed by atoms with Crippen molar-refractivity contribution in [3.8, 4) is 5.75 Å². The van der Waals surface area contributed by atoms with Crippen LogP contribution in [0.2, 0.25) is 0 Å². The lowest BCUT2D eigenvalue weighted by Crippen LogP contribution is -2.14. The molecule has 132 valence electrons. The first kappa shape index (κ1) is 18.2. The number of carbonyl (C=O) groups is 1. The average Bonchev–Trinajstić information content (AvgIpc) is 2.63. The van der Waals surface area contributed by atoms with E-state index in [0.717, 1.165) is 26.9 Å². The van der Waals surface area contributed by atoms with Crippen LogP contribution in [0.15, 0.2) is 71.2 Å². The van der Waals surface area contributed by atoms with Crippen LogP contribution in [0.5, 0.6) is 5.75 Å². The lowest BCUT2D eigenvalue weighted by molar-refractivity contribution is 0.102. The van der Waals surface area contributed by atoms with Crippen LogP contribution in [0.25, 0.3) is 0 Å². The van der Waals surface area contributed by atoms with Gasteiger partial charge in [-0.1, -0.05) is 64.0 Å². The molecule has 4 heteroatoms. The van der Waals surface area contributed by atoms with E-state index in [1.807, 2.05) is 74.5 Å². The van der Waals surface area contributed by atoms with Crippen molar-refractivity contribution in [2.75, 3.05) is 5.32 Å². The van der Waals surface area contributed by atoms with Crippen molar-refractivity contribution in [3.05, 3.63) is 93.5 Å². The second-order valence-corrected chi connectivity index (χ2v) is 7.10. The van der Waals surface area contributed by atoms with Gasteiger partial charge in [-0.15, -0.1) is 0 Å². The monoisotopic (exact) mass is 409 g/mol. The number of hydrogen-bond donors (Lipinski definition) is 1. The predicted octanol–water partition coefficient (Wildman–Crippen LogP) is 5.90. The van der Waals surface area contributed by atoms with E-state index in [0.29, 0.717) is 17.9 Å². The molecule has 0 aliphatic carbocycles. The number of ether oxygens (including phenoxy) is 1. The van der Waals surface area contributed by atoms with Gasteiger partial charge in [-0.2, -0.15) is 0 Å². The van der Waals surface area contributed by atoms with Crippen LogP contribution in [-0.2, 0) is 6.61 Å². The van der Waals surface area contributed by atoms with Crippen LogP contribution in [0.4, 0.5) is 5.69 Å². The van der Waals surface area contributed by atoms with E-state index in [9.17, 15) is 4.79 Å². The Kier molecular flexibility index (Phi) is 5.74. The summed E-state index contributed by atoms with van der Waals surface area (Å²) in [6.45, 7) is 4.42. The first-order valence-electron chi connectivity index (χ1n) is 8.38. The maximum Gasteiger partial charge on any atom is 0.259 e. The van der Waals surface area contributed by atoms with Crippen molar-refractivity contribution in [1.82, 2.24) is 0 Å². The van der Waals surface area contributed by atoms with E-state index < -0.39 is 0 Å². The highest BCUT2D eigenvalue weighted by Crippen LogP contribution is 2.26. The van der Waals surface area contributed by atoms with Gasteiger partial charge >= 0.3 is 0 Å². The van der Waals surface area contributed by atoms with E-state index in [4.69, 9.17) is 4.74 Å². The number of amides is 1. The molecule has 0 heterocycles. The molecule has 3 aromatic carbocycles. The van der Waals surface area contributed by atoms with E-state index >= 15 is 0 Å². The summed E-state index contributed by atoms with van der Waals surface area (Å²) in [7, 11) is 0. The Morgan fingerprint density at radius 3 is 2.50 bits per heavy atom. The first-order chi connectivity index (χ1) is 12.5. The third kappa shape index (κ3) is 4.52. The lowest BCUT2D eigenvalue weighted by atomic mass is 10.1. The third-order valence-electron chi connectivity index (χ3n) is 4.05. The van der Waals surface area contributed by atoms with E-state index in [2.05, 4.69) is 21.2 Å². The molecule has 3 aromatic rings. The minimum Gasteiger partial charge on any atom is -0.488 e. The molecule has 0 bridgehead atoms. The maximum absolute atomic E-state index is 12.8. The molecule has 0 radical (unpaired) electrons. The van der Waals surface area contributed by atoms with Crippen molar-refractivity contribution in [3.63, 3.8) is 0 Å². The number of nitrogens with one attached hydrogen (secondary N) is 1. The second kappa shape index (κ2) is 8.19. The molecule has 0 unspecified atom stereocenters. The average molecular weight is 410 g/mol. The standard InChI is InChI=1S/C22H20BrNO2/c1-15-8-10-20(16(2)12-15)24-22(25)19-13-18(23)9-11-21(19)26-14-17-6-4-3-5-7-17/h3-13H,14H2,1-2H3,(H,24,25). The van der Waals surface area contributed by atoms with Crippen molar-refractivity contribution in [2.45, 2.75) is 20.5 Å². The number of halogens is 1. The van der Waals surface area contributed by atoms with Crippen LogP contribution < -0.4 is 10.1 Å². The van der Waals surface area contributed by atoms with Crippen LogP contribution in [0, 0.1) is 13.8 Å². The van der Waals surface area contributed by atoms with Crippen molar-refractivity contribution in [1.29, 1.82) is 0 Å². The predicted molar refractivity (Wildman–Crippen MR) is 109 cm³/mol. The van der Waals surface area contributed by atoms with Gasteiger partial charge in [0.05, 0.1) is 5.56 Å². The summed E-state index contributed by atoms with van der Waals surface area (Å²) in [5.74, 6) is 0.362. The summed E-state index contributed by atoms with van der Waals surface area (Å²) in [4.78, 5) is 12.8. The Labute approximate surface area is 162 Å². The van der Waals surface area contributed by atoms with Crippen LogP contribution >= 0.6 is 15.9 Å². The zero-order valence-electron chi connectivity index (χ0n) is 14.8. The summed E-state index contributed by atoms with van der Waals surface area (Å²) in [6, 6.07) is 21.3. The molecular weight excluding hydrogens is 390 g/mol. The molecule has 3 nitrogen and oxygen atoms in total. The van der Waals surface area contributed by atoms with Gasteiger partial charge in [-0.3, -0.25) is 4.79 Å². The molecule has 0 aliphatic heterocycles. The minimum absolute atomic E-state index is 0.193. The van der Waals surface area contributed by atoms with Gasteiger partial charge in [0.25, 0.3) is 5.91 Å². The summed E-state index contributed by atoms with van der Waals surface area (Å²) in [5.41, 5.74) is 4.54. The Morgan fingerprint density at radius 2 is 1.77 bits per heavy atom. The van der Waals surface area contributed by atoms with Gasteiger partial charge in [0, 0.05) is 10.2 Å². The normalized spacial score (nSPS) is 10.4. The highest BCUT2D eigenvalue weighted by atomic mass is 79.9. The minimum atomic E-state index is -0.193. The van der Waals surface area contributed by atoms with Crippen LogP contribution in [0.3, 0.4) is 0 Å². The van der Waals surface area contributed by atoms with Crippen molar-refractivity contribution in [2.24, 2.45) is 0 Å². The highest BCUT2D eigenvalue weighted by molar-refractivity contribution is 9.10. The van der Waals surface area contributed by atoms with Gasteiger partial charge in [0.1, 0.15) is 12.4 Å². The van der Waals surface area contributed by atoms with Gasteiger partial charge in [-0.25, -0.2) is 0 Å². The first-order valence-corrected chi connectivity index (χ1v) is 9.17. The van der Waals surface area contributed by atoms with Crippen molar-refractivity contribution >= 4 is 27.5 Å². The molecule has 0 fully saturated rings. The zero-order valence-corrected chi connectivity index (χ0v) is 16.3. The second-order valence-electron chi connectivity index (χ2n) is 6.19. The summed E-state index contributed by atoms with van der Waals surface area (Å²) < 4.78 is 6.73. The third-order valence-corrected chi connectivity index (χ3v) is 4.55. The molecule has 26 heavy (non-hydrogen) atoms. The number of aryl methyl sites for hydroxylation is 2. The Morgan fingerprint density at radius 1 is 1.00 bits per heavy atom. The quantitative estimate of drug-likeness (QED) is 0.569. The topological polar surface area (TPSA) is 38.3 Å². The van der Waals surface area contributed by atoms with E-state index in [1.165, 1.54) is 0 Å². The maximum atomic E-state index is 12.8. The molecular formula is C22H20BrNO2. The summed E-state index contributed by atoms with van der Waals surface area (Å²) in [6.07, 6.45) is 0. The molecule has 1 amide bonds. The molecule has 0 spiro atoms. The molecule has 3 rings (SSSR count). The number of anilines is 1. The molecule has 0 saturated carbocycles. The SMILES string of the molecule is Cc1ccc(NC(=O)c2cc(Br)ccc2OCc2ccccc2)c(C)c1. The smallest absolute Gasteiger partial charge is 0.259 e. The number of hydrogen-bond acceptors (Lipinski definition) is 2. The van der Waals surface area contributed by atoms with Gasteiger partial charge in [0.15, 0.2) is 0 Å². The fourth-order valence-corrected chi connectivity index (χ4v) is 3.05. The number of benzene rings is 3. The number of rotatable bonds is 5. The van der Waals surface area contributed by atoms with E-state index in [-0.39, 0.29) is 5.91 Å². The van der Waals surface area contributed by atoms with Crippen molar-refractivity contribution < 1.29 is 9.53 Å². The molecule has 1 N–H and O–H groups in total. The zero-order chi connectivity index (χ0) is 18.5. The molecule has 0 saturated heterocycles. The molecule has 0 atom stereocenters.